The molecule has 0 fully saturated rings. The van der Waals surface area contributed by atoms with Crippen LogP contribution < -0.4 is 5.32 Å². The Morgan fingerprint density at radius 1 is 1.50 bits per heavy atom. The summed E-state index contributed by atoms with van der Waals surface area (Å²) >= 11 is 0. The van der Waals surface area contributed by atoms with E-state index in [0.29, 0.717) is 6.61 Å². The van der Waals surface area contributed by atoms with Crippen LogP contribution in [0.5, 0.6) is 0 Å². The van der Waals surface area contributed by atoms with Crippen molar-refractivity contribution in [2.75, 3.05) is 6.61 Å². The van der Waals surface area contributed by atoms with Crippen LogP contribution in [0.15, 0.2) is 12.5 Å². The largest absolute Gasteiger partial charge is 0.465 e. The average Bonchev–Trinajstić information content (AvgIpc) is 2.74. The van der Waals surface area contributed by atoms with E-state index in [1.165, 1.54) is 0 Å². The van der Waals surface area contributed by atoms with Gasteiger partial charge in [0.1, 0.15) is 6.04 Å². The van der Waals surface area contributed by atoms with E-state index >= 15 is 0 Å². The Hall–Kier alpha value is -1.36. The minimum absolute atomic E-state index is 0.199. The van der Waals surface area contributed by atoms with E-state index in [1.54, 1.807) is 12.5 Å². The molecule has 102 valence electrons. The van der Waals surface area contributed by atoms with Gasteiger partial charge < -0.3 is 9.30 Å². The first-order valence-electron chi connectivity index (χ1n) is 6.52. The molecule has 0 aliphatic rings. The Balaban J connectivity index is 2.93. The molecule has 1 atom stereocenters. The number of aryl methyl sites for hydroxylation is 1. The molecule has 0 amide bonds. The lowest BCUT2D eigenvalue weighted by Gasteiger charge is -2.20. The van der Waals surface area contributed by atoms with Crippen LogP contribution in [-0.2, 0) is 16.1 Å². The highest BCUT2D eigenvalue weighted by Gasteiger charge is 2.25. The molecule has 0 radical (unpaired) electrons. The number of rotatable bonds is 7. The SMILES string of the molecule is CCCn1cncc1C(NC(C)C)C(=O)OCC. The van der Waals surface area contributed by atoms with E-state index in [0.717, 1.165) is 18.7 Å². The molecule has 1 aromatic rings. The van der Waals surface area contributed by atoms with Crippen LogP contribution in [0.25, 0.3) is 0 Å². The highest BCUT2D eigenvalue weighted by atomic mass is 16.5. The Morgan fingerprint density at radius 3 is 2.78 bits per heavy atom. The van der Waals surface area contributed by atoms with Crippen LogP contribution >= 0.6 is 0 Å². The fourth-order valence-electron chi connectivity index (χ4n) is 1.83. The summed E-state index contributed by atoms with van der Waals surface area (Å²) in [5, 5.41) is 3.23. The molecule has 0 aliphatic heterocycles. The normalized spacial score (nSPS) is 12.7. The summed E-state index contributed by atoms with van der Waals surface area (Å²) < 4.78 is 7.12. The van der Waals surface area contributed by atoms with E-state index in [4.69, 9.17) is 4.74 Å². The Bertz CT molecular complexity index is 374. The molecular formula is C13H23N3O2. The molecule has 1 N–H and O–H groups in total. The Labute approximate surface area is 109 Å². The molecule has 0 aromatic carbocycles. The predicted octanol–water partition coefficient (Wildman–Crippen LogP) is 1.90. The number of aromatic nitrogens is 2. The van der Waals surface area contributed by atoms with Gasteiger partial charge in [-0.3, -0.25) is 5.32 Å². The second-order valence-corrected chi connectivity index (χ2v) is 4.52. The zero-order chi connectivity index (χ0) is 13.5. The molecule has 5 nitrogen and oxygen atoms in total. The molecule has 5 heteroatoms. The van der Waals surface area contributed by atoms with E-state index in [2.05, 4.69) is 17.2 Å². The summed E-state index contributed by atoms with van der Waals surface area (Å²) in [5.41, 5.74) is 0.865. The van der Waals surface area contributed by atoms with Crippen LogP contribution in [-0.4, -0.2) is 28.2 Å². The molecule has 1 unspecified atom stereocenters. The topological polar surface area (TPSA) is 56.2 Å². The number of nitrogens with zero attached hydrogens (tertiary/aromatic N) is 2. The lowest BCUT2D eigenvalue weighted by atomic mass is 10.2. The Morgan fingerprint density at radius 2 is 2.22 bits per heavy atom. The fraction of sp³-hybridized carbons (Fsp3) is 0.692. The van der Waals surface area contributed by atoms with Gasteiger partial charge in [0.2, 0.25) is 0 Å². The molecule has 0 spiro atoms. The van der Waals surface area contributed by atoms with E-state index in [9.17, 15) is 4.79 Å². The number of carbonyl (C=O) groups excluding carboxylic acids is 1. The van der Waals surface area contributed by atoms with Gasteiger partial charge in [-0.25, -0.2) is 9.78 Å². The number of ether oxygens (including phenoxy) is 1. The van der Waals surface area contributed by atoms with Crippen molar-refractivity contribution in [1.82, 2.24) is 14.9 Å². The van der Waals surface area contributed by atoms with Gasteiger partial charge in [-0.1, -0.05) is 6.92 Å². The molecule has 0 saturated carbocycles. The third-order valence-corrected chi connectivity index (χ3v) is 2.53. The first-order chi connectivity index (χ1) is 8.60. The molecule has 0 bridgehead atoms. The van der Waals surface area contributed by atoms with E-state index < -0.39 is 6.04 Å². The van der Waals surface area contributed by atoms with Crippen molar-refractivity contribution in [3.63, 3.8) is 0 Å². The van der Waals surface area contributed by atoms with Gasteiger partial charge in [0.05, 0.1) is 24.8 Å². The summed E-state index contributed by atoms with van der Waals surface area (Å²) in [5.74, 6) is -0.246. The lowest BCUT2D eigenvalue weighted by Crippen LogP contribution is -2.36. The number of esters is 1. The van der Waals surface area contributed by atoms with Crippen molar-refractivity contribution >= 4 is 5.97 Å². The molecule has 0 aliphatic carbocycles. The van der Waals surface area contributed by atoms with Crippen molar-refractivity contribution in [3.05, 3.63) is 18.2 Å². The van der Waals surface area contributed by atoms with Crippen LogP contribution in [0.1, 0.15) is 45.9 Å². The number of carbonyl (C=O) groups is 1. The molecule has 18 heavy (non-hydrogen) atoms. The maximum absolute atomic E-state index is 12.0. The second-order valence-electron chi connectivity index (χ2n) is 4.52. The van der Waals surface area contributed by atoms with Gasteiger partial charge in [0, 0.05) is 12.6 Å². The van der Waals surface area contributed by atoms with Gasteiger partial charge >= 0.3 is 5.97 Å². The monoisotopic (exact) mass is 253 g/mol. The van der Waals surface area contributed by atoms with Gasteiger partial charge in [-0.2, -0.15) is 0 Å². The fourth-order valence-corrected chi connectivity index (χ4v) is 1.83. The summed E-state index contributed by atoms with van der Waals surface area (Å²) in [6, 6.07) is -0.247. The number of nitrogens with one attached hydrogen (secondary N) is 1. The molecule has 1 rings (SSSR count). The van der Waals surface area contributed by atoms with Crippen molar-refractivity contribution in [3.8, 4) is 0 Å². The van der Waals surface area contributed by atoms with Crippen molar-refractivity contribution < 1.29 is 9.53 Å². The number of imidazole rings is 1. The smallest absolute Gasteiger partial charge is 0.329 e. The summed E-state index contributed by atoms with van der Waals surface area (Å²) in [4.78, 5) is 16.1. The van der Waals surface area contributed by atoms with Crippen LogP contribution in [0, 0.1) is 0 Å². The highest BCUT2D eigenvalue weighted by molar-refractivity contribution is 5.77. The van der Waals surface area contributed by atoms with Gasteiger partial charge in [-0.15, -0.1) is 0 Å². The van der Waals surface area contributed by atoms with Gasteiger partial charge in [-0.05, 0) is 27.2 Å². The molecule has 0 saturated heterocycles. The van der Waals surface area contributed by atoms with E-state index in [1.807, 2.05) is 25.3 Å². The average molecular weight is 253 g/mol. The third kappa shape index (κ3) is 3.84. The van der Waals surface area contributed by atoms with Crippen LogP contribution in [0.4, 0.5) is 0 Å². The maximum Gasteiger partial charge on any atom is 0.329 e. The van der Waals surface area contributed by atoms with Crippen LogP contribution in [0.2, 0.25) is 0 Å². The lowest BCUT2D eigenvalue weighted by molar-refractivity contribution is -0.146. The second kappa shape index (κ2) is 7.16. The number of hydrogen-bond acceptors (Lipinski definition) is 4. The molecule has 1 heterocycles. The quantitative estimate of drug-likeness (QED) is 0.754. The minimum atomic E-state index is -0.445. The third-order valence-electron chi connectivity index (χ3n) is 2.53. The van der Waals surface area contributed by atoms with Crippen molar-refractivity contribution in [1.29, 1.82) is 0 Å². The summed E-state index contributed by atoms with van der Waals surface area (Å²) in [6.07, 6.45) is 4.49. The van der Waals surface area contributed by atoms with Crippen LogP contribution in [0.3, 0.4) is 0 Å². The summed E-state index contributed by atoms with van der Waals surface area (Å²) in [7, 11) is 0. The predicted molar refractivity (Wildman–Crippen MR) is 70.2 cm³/mol. The highest BCUT2D eigenvalue weighted by Crippen LogP contribution is 2.16. The van der Waals surface area contributed by atoms with Gasteiger partial charge in [0.25, 0.3) is 0 Å². The number of hydrogen-bond donors (Lipinski definition) is 1. The maximum atomic E-state index is 12.0. The van der Waals surface area contributed by atoms with Gasteiger partial charge in [0.15, 0.2) is 0 Å². The first-order valence-corrected chi connectivity index (χ1v) is 6.52. The molecular weight excluding hydrogens is 230 g/mol. The minimum Gasteiger partial charge on any atom is -0.465 e. The zero-order valence-electron chi connectivity index (χ0n) is 11.6. The first kappa shape index (κ1) is 14.7. The Kier molecular flexibility index (Phi) is 5.85. The molecule has 1 aromatic heterocycles. The van der Waals surface area contributed by atoms with Crippen molar-refractivity contribution in [2.24, 2.45) is 0 Å². The zero-order valence-corrected chi connectivity index (χ0v) is 11.6. The van der Waals surface area contributed by atoms with Crippen molar-refractivity contribution in [2.45, 2.75) is 52.7 Å². The standard InChI is InChI=1S/C13H23N3O2/c1-5-7-16-9-14-8-11(16)12(15-10(3)4)13(17)18-6-2/h8-10,12,15H,5-7H2,1-4H3. The summed E-state index contributed by atoms with van der Waals surface area (Å²) in [6.45, 7) is 9.16. The van der Waals surface area contributed by atoms with E-state index in [-0.39, 0.29) is 12.0 Å².